The van der Waals surface area contributed by atoms with Crippen molar-refractivity contribution in [2.75, 3.05) is 13.1 Å². The number of hydrogen-bond donors (Lipinski definition) is 1. The molecule has 5 rings (SSSR count). The molecule has 1 aliphatic rings. The second-order valence-corrected chi connectivity index (χ2v) is 8.09. The van der Waals surface area contributed by atoms with Gasteiger partial charge in [-0.1, -0.05) is 18.2 Å². The summed E-state index contributed by atoms with van der Waals surface area (Å²) < 4.78 is 20.9. The maximum absolute atomic E-state index is 13.3. The first kappa shape index (κ1) is 19.7. The van der Waals surface area contributed by atoms with Gasteiger partial charge in [0.05, 0.1) is 24.3 Å². The molecule has 0 amide bonds. The van der Waals surface area contributed by atoms with Gasteiger partial charge in [0.2, 0.25) is 0 Å². The first-order valence-electron chi connectivity index (χ1n) is 10.5. The number of halogens is 1. The summed E-state index contributed by atoms with van der Waals surface area (Å²) in [5.74, 6) is 0.518. The number of likely N-dealkylation sites (tertiary alicyclic amines) is 1. The summed E-state index contributed by atoms with van der Waals surface area (Å²) in [6.07, 6.45) is 4.09. The van der Waals surface area contributed by atoms with Crippen LogP contribution < -0.4 is 0 Å². The molecule has 0 radical (unpaired) electrons. The van der Waals surface area contributed by atoms with Crippen LogP contribution in [0.2, 0.25) is 0 Å². The van der Waals surface area contributed by atoms with Crippen molar-refractivity contribution in [3.05, 3.63) is 84.0 Å². The van der Waals surface area contributed by atoms with E-state index in [0.29, 0.717) is 13.1 Å². The van der Waals surface area contributed by atoms with Crippen LogP contribution in [0, 0.1) is 12.7 Å². The molecule has 2 aromatic heterocycles. The van der Waals surface area contributed by atoms with Crippen LogP contribution in [-0.2, 0) is 6.54 Å². The van der Waals surface area contributed by atoms with Crippen molar-refractivity contribution in [2.24, 2.45) is 0 Å². The lowest BCUT2D eigenvalue weighted by Crippen LogP contribution is -2.21. The summed E-state index contributed by atoms with van der Waals surface area (Å²) in [5.41, 5.74) is 6.00. The summed E-state index contributed by atoms with van der Waals surface area (Å²) >= 11 is 0. The SMILES string of the molecule is Cc1cc(-c2ccc(F)cc2)ccc1-n1ncc(CN2CCC(O)C2)c1-c1ccco1. The van der Waals surface area contributed by atoms with Crippen molar-refractivity contribution in [3.63, 3.8) is 0 Å². The normalized spacial score (nSPS) is 16.8. The van der Waals surface area contributed by atoms with E-state index in [1.54, 1.807) is 18.4 Å². The number of furan rings is 1. The molecule has 0 saturated carbocycles. The highest BCUT2D eigenvalue weighted by atomic mass is 19.1. The summed E-state index contributed by atoms with van der Waals surface area (Å²) in [6, 6.07) is 16.5. The molecule has 0 bridgehead atoms. The highest BCUT2D eigenvalue weighted by molar-refractivity contribution is 5.68. The Kier molecular flexibility index (Phi) is 5.18. The molecule has 0 aliphatic carbocycles. The van der Waals surface area contributed by atoms with E-state index in [-0.39, 0.29) is 11.9 Å². The van der Waals surface area contributed by atoms with E-state index in [1.165, 1.54) is 12.1 Å². The van der Waals surface area contributed by atoms with Crippen molar-refractivity contribution in [3.8, 4) is 28.3 Å². The second kappa shape index (κ2) is 8.13. The van der Waals surface area contributed by atoms with Crippen molar-refractivity contribution >= 4 is 0 Å². The molecule has 1 saturated heterocycles. The third kappa shape index (κ3) is 3.92. The zero-order valence-electron chi connectivity index (χ0n) is 17.3. The summed E-state index contributed by atoms with van der Waals surface area (Å²) in [5, 5.41) is 14.6. The van der Waals surface area contributed by atoms with Crippen LogP contribution in [0.1, 0.15) is 17.5 Å². The Labute approximate surface area is 180 Å². The average molecular weight is 417 g/mol. The minimum atomic E-state index is -0.261. The van der Waals surface area contributed by atoms with Crippen LogP contribution in [0.25, 0.3) is 28.3 Å². The number of aromatic nitrogens is 2. The number of aryl methyl sites for hydroxylation is 1. The standard InChI is InChI=1S/C25H24FN3O2/c1-17-13-19(18-4-7-21(26)8-5-18)6-9-23(17)29-25(24-3-2-12-31-24)20(14-27-29)15-28-11-10-22(30)16-28/h2-9,12-14,22,30H,10-11,15-16H2,1H3. The average Bonchev–Trinajstić information content (AvgIpc) is 3.50. The van der Waals surface area contributed by atoms with Crippen molar-refractivity contribution in [2.45, 2.75) is 26.0 Å². The topological polar surface area (TPSA) is 54.4 Å². The third-order valence-corrected chi connectivity index (χ3v) is 5.84. The maximum atomic E-state index is 13.3. The van der Waals surface area contributed by atoms with E-state index in [9.17, 15) is 9.50 Å². The Hall–Kier alpha value is -3.22. The minimum absolute atomic E-state index is 0.241. The largest absolute Gasteiger partial charge is 0.463 e. The maximum Gasteiger partial charge on any atom is 0.152 e. The molecule has 158 valence electrons. The number of aliphatic hydroxyl groups is 1. The summed E-state index contributed by atoms with van der Waals surface area (Å²) in [6.45, 7) is 4.30. The van der Waals surface area contributed by atoms with Crippen LogP contribution in [0.3, 0.4) is 0 Å². The van der Waals surface area contributed by atoms with E-state index in [4.69, 9.17) is 9.52 Å². The summed E-state index contributed by atoms with van der Waals surface area (Å²) in [7, 11) is 0. The van der Waals surface area contributed by atoms with Gasteiger partial charge in [0.15, 0.2) is 5.76 Å². The monoisotopic (exact) mass is 417 g/mol. The van der Waals surface area contributed by atoms with Gasteiger partial charge < -0.3 is 9.52 Å². The van der Waals surface area contributed by atoms with E-state index < -0.39 is 0 Å². The summed E-state index contributed by atoms with van der Waals surface area (Å²) in [4.78, 5) is 2.24. The van der Waals surface area contributed by atoms with Gasteiger partial charge in [-0.15, -0.1) is 0 Å². The molecule has 1 atom stereocenters. The van der Waals surface area contributed by atoms with Crippen molar-refractivity contribution < 1.29 is 13.9 Å². The Morgan fingerprint density at radius 2 is 1.94 bits per heavy atom. The highest BCUT2D eigenvalue weighted by Gasteiger charge is 2.24. The number of nitrogens with zero attached hydrogens (tertiary/aromatic N) is 3. The van der Waals surface area contributed by atoms with Gasteiger partial charge in [0.1, 0.15) is 11.5 Å². The Morgan fingerprint density at radius 3 is 2.61 bits per heavy atom. The van der Waals surface area contributed by atoms with Crippen LogP contribution in [-0.4, -0.2) is 39.0 Å². The zero-order chi connectivity index (χ0) is 21.4. The fourth-order valence-electron chi connectivity index (χ4n) is 4.27. The molecule has 1 fully saturated rings. The van der Waals surface area contributed by atoms with Crippen molar-refractivity contribution in [1.29, 1.82) is 0 Å². The predicted molar refractivity (Wildman–Crippen MR) is 117 cm³/mol. The second-order valence-electron chi connectivity index (χ2n) is 8.09. The van der Waals surface area contributed by atoms with Crippen LogP contribution in [0.4, 0.5) is 4.39 Å². The van der Waals surface area contributed by atoms with Gasteiger partial charge >= 0.3 is 0 Å². The molecule has 1 aliphatic heterocycles. The van der Waals surface area contributed by atoms with Crippen LogP contribution >= 0.6 is 0 Å². The van der Waals surface area contributed by atoms with Crippen LogP contribution in [0.15, 0.2) is 71.5 Å². The molecule has 1 N–H and O–H groups in total. The number of hydrogen-bond acceptors (Lipinski definition) is 4. The Bertz CT molecular complexity index is 1180. The first-order chi connectivity index (χ1) is 15.1. The molecular weight excluding hydrogens is 393 g/mol. The van der Waals surface area contributed by atoms with Gasteiger partial charge in [0.25, 0.3) is 0 Å². The van der Waals surface area contributed by atoms with Gasteiger partial charge in [-0.2, -0.15) is 5.10 Å². The van der Waals surface area contributed by atoms with E-state index in [2.05, 4.69) is 11.0 Å². The molecule has 31 heavy (non-hydrogen) atoms. The zero-order valence-corrected chi connectivity index (χ0v) is 17.3. The van der Waals surface area contributed by atoms with Gasteiger partial charge in [0, 0.05) is 25.2 Å². The lowest BCUT2D eigenvalue weighted by molar-refractivity contribution is 0.175. The smallest absolute Gasteiger partial charge is 0.152 e. The van der Waals surface area contributed by atoms with Gasteiger partial charge in [-0.3, -0.25) is 4.90 Å². The fourth-order valence-corrected chi connectivity index (χ4v) is 4.27. The number of rotatable bonds is 5. The molecule has 1 unspecified atom stereocenters. The molecular formula is C25H24FN3O2. The van der Waals surface area contributed by atoms with E-state index in [0.717, 1.165) is 52.4 Å². The number of β-amino-alcohol motifs (C(OH)–C–C–N with tert-alkyl or cyclic N) is 1. The molecule has 2 aromatic carbocycles. The molecule has 5 nitrogen and oxygen atoms in total. The quantitative estimate of drug-likeness (QED) is 0.506. The van der Waals surface area contributed by atoms with Crippen molar-refractivity contribution in [1.82, 2.24) is 14.7 Å². The van der Waals surface area contributed by atoms with Crippen LogP contribution in [0.5, 0.6) is 0 Å². The fraction of sp³-hybridized carbons (Fsp3) is 0.240. The molecule has 4 aromatic rings. The minimum Gasteiger partial charge on any atom is -0.463 e. The molecule has 6 heteroatoms. The number of benzene rings is 2. The third-order valence-electron chi connectivity index (χ3n) is 5.84. The molecule has 3 heterocycles. The predicted octanol–water partition coefficient (Wildman–Crippen LogP) is 4.81. The number of aliphatic hydroxyl groups excluding tert-OH is 1. The highest BCUT2D eigenvalue weighted by Crippen LogP contribution is 2.31. The Morgan fingerprint density at radius 1 is 1.13 bits per heavy atom. The molecule has 0 spiro atoms. The lowest BCUT2D eigenvalue weighted by Gasteiger charge is -2.16. The van der Waals surface area contributed by atoms with Gasteiger partial charge in [-0.25, -0.2) is 9.07 Å². The Balaban J connectivity index is 1.53. The van der Waals surface area contributed by atoms with Gasteiger partial charge in [-0.05, 0) is 66.4 Å². The van der Waals surface area contributed by atoms with E-state index >= 15 is 0 Å². The lowest BCUT2D eigenvalue weighted by atomic mass is 10.0. The van der Waals surface area contributed by atoms with E-state index in [1.807, 2.05) is 42.1 Å². The first-order valence-corrected chi connectivity index (χ1v) is 10.5.